The Morgan fingerprint density at radius 3 is 2.67 bits per heavy atom. The summed E-state index contributed by atoms with van der Waals surface area (Å²) in [7, 11) is 0. The number of carbonyl (C=O) groups is 1. The predicted octanol–water partition coefficient (Wildman–Crippen LogP) is 2.17. The quantitative estimate of drug-likeness (QED) is 0.756. The molecule has 1 atom stereocenters. The van der Waals surface area contributed by atoms with E-state index in [1.807, 2.05) is 32.0 Å². The summed E-state index contributed by atoms with van der Waals surface area (Å²) in [5, 5.41) is 5.66. The van der Waals surface area contributed by atoms with Crippen LogP contribution in [0.1, 0.15) is 43.4 Å². The summed E-state index contributed by atoms with van der Waals surface area (Å²) in [5.74, 6) is 0.180. The molecule has 1 amide bonds. The minimum atomic E-state index is -0.288. The predicted molar refractivity (Wildman–Crippen MR) is 90.1 cm³/mol. The van der Waals surface area contributed by atoms with Gasteiger partial charge < -0.3 is 5.32 Å². The SMILES string of the molecule is CC(C)n1[nH]c(=O)c2c1NC(=O)CC2c1ccc2nccnc2c1. The van der Waals surface area contributed by atoms with Crippen molar-refractivity contribution >= 4 is 22.8 Å². The van der Waals surface area contributed by atoms with Crippen LogP contribution in [0.25, 0.3) is 11.0 Å². The molecular weight excluding hydrogens is 306 g/mol. The highest BCUT2D eigenvalue weighted by atomic mass is 16.2. The van der Waals surface area contributed by atoms with E-state index in [4.69, 9.17) is 0 Å². The third-order valence-electron chi connectivity index (χ3n) is 4.37. The molecule has 7 heteroatoms. The summed E-state index contributed by atoms with van der Waals surface area (Å²) in [6, 6.07) is 5.73. The Kier molecular flexibility index (Phi) is 3.23. The number of fused-ring (bicyclic) bond motifs is 2. The molecule has 1 aliphatic rings. The topological polar surface area (TPSA) is 92.7 Å². The van der Waals surface area contributed by atoms with E-state index in [1.54, 1.807) is 17.1 Å². The number of rotatable bonds is 2. The molecule has 2 aromatic heterocycles. The fourth-order valence-electron chi connectivity index (χ4n) is 3.25. The molecule has 0 bridgehead atoms. The van der Waals surface area contributed by atoms with Gasteiger partial charge in [-0.1, -0.05) is 6.07 Å². The number of hydrogen-bond acceptors (Lipinski definition) is 4. The Labute approximate surface area is 137 Å². The van der Waals surface area contributed by atoms with Crippen molar-refractivity contribution in [1.82, 2.24) is 19.7 Å². The number of benzene rings is 1. The first-order valence-corrected chi connectivity index (χ1v) is 7.89. The third-order valence-corrected chi connectivity index (χ3v) is 4.37. The lowest BCUT2D eigenvalue weighted by molar-refractivity contribution is -0.116. The van der Waals surface area contributed by atoms with Crippen LogP contribution < -0.4 is 10.9 Å². The van der Waals surface area contributed by atoms with E-state index in [2.05, 4.69) is 20.4 Å². The van der Waals surface area contributed by atoms with Crippen LogP contribution in [0.4, 0.5) is 5.82 Å². The molecule has 0 spiro atoms. The van der Waals surface area contributed by atoms with Gasteiger partial charge in [0.05, 0.1) is 16.6 Å². The number of amides is 1. The number of carbonyl (C=O) groups excluding carboxylic acids is 1. The van der Waals surface area contributed by atoms with E-state index >= 15 is 0 Å². The first-order valence-electron chi connectivity index (χ1n) is 7.89. The van der Waals surface area contributed by atoms with Crippen molar-refractivity contribution in [2.75, 3.05) is 5.32 Å². The van der Waals surface area contributed by atoms with E-state index in [0.717, 1.165) is 16.6 Å². The van der Waals surface area contributed by atoms with Gasteiger partial charge >= 0.3 is 0 Å². The number of hydrogen-bond donors (Lipinski definition) is 2. The highest BCUT2D eigenvalue weighted by Gasteiger charge is 2.33. The molecule has 7 nitrogen and oxygen atoms in total. The Morgan fingerprint density at radius 2 is 1.92 bits per heavy atom. The van der Waals surface area contributed by atoms with Crippen molar-refractivity contribution in [3.8, 4) is 0 Å². The van der Waals surface area contributed by atoms with Gasteiger partial charge in [-0.05, 0) is 31.5 Å². The zero-order chi connectivity index (χ0) is 16.8. The molecule has 122 valence electrons. The second-order valence-electron chi connectivity index (χ2n) is 6.28. The average molecular weight is 323 g/mol. The standard InChI is InChI=1S/C17H17N5O2/c1-9(2)22-16-15(17(24)21-22)11(8-14(23)20-16)10-3-4-12-13(7-10)19-6-5-18-12/h3-7,9,11H,8H2,1-2H3,(H,20,23)(H,21,24). The van der Waals surface area contributed by atoms with E-state index < -0.39 is 0 Å². The summed E-state index contributed by atoms with van der Waals surface area (Å²) in [6.07, 6.45) is 3.51. The van der Waals surface area contributed by atoms with E-state index in [-0.39, 0.29) is 29.8 Å². The molecule has 2 N–H and O–H groups in total. The summed E-state index contributed by atoms with van der Waals surface area (Å²) < 4.78 is 1.71. The van der Waals surface area contributed by atoms with Crippen LogP contribution >= 0.6 is 0 Å². The van der Waals surface area contributed by atoms with Gasteiger partial charge in [0.2, 0.25) is 5.91 Å². The van der Waals surface area contributed by atoms with Crippen LogP contribution in [0.15, 0.2) is 35.4 Å². The lowest BCUT2D eigenvalue weighted by atomic mass is 9.87. The normalized spacial score (nSPS) is 17.1. The minimum absolute atomic E-state index is 0.0444. The van der Waals surface area contributed by atoms with Gasteiger partial charge in [0.1, 0.15) is 5.82 Å². The van der Waals surface area contributed by atoms with Gasteiger partial charge in [0, 0.05) is 30.8 Å². The first-order chi connectivity index (χ1) is 11.5. The van der Waals surface area contributed by atoms with Crippen LogP contribution in [0.3, 0.4) is 0 Å². The number of H-pyrrole nitrogens is 1. The van der Waals surface area contributed by atoms with Gasteiger partial charge in [0.15, 0.2) is 0 Å². The van der Waals surface area contributed by atoms with Crippen LogP contribution in [0.2, 0.25) is 0 Å². The fraction of sp³-hybridized carbons (Fsp3) is 0.294. The van der Waals surface area contributed by atoms with Gasteiger partial charge in [-0.2, -0.15) is 0 Å². The number of anilines is 1. The monoisotopic (exact) mass is 323 g/mol. The van der Waals surface area contributed by atoms with Crippen molar-refractivity contribution in [2.24, 2.45) is 0 Å². The Bertz CT molecular complexity index is 1000. The molecule has 0 saturated heterocycles. The van der Waals surface area contributed by atoms with Gasteiger partial charge in [-0.3, -0.25) is 29.3 Å². The maximum atomic E-state index is 12.5. The molecule has 1 aliphatic heterocycles. The fourth-order valence-corrected chi connectivity index (χ4v) is 3.25. The van der Waals surface area contributed by atoms with Crippen LogP contribution in [0, 0.1) is 0 Å². The highest BCUT2D eigenvalue weighted by Crippen LogP contribution is 2.36. The van der Waals surface area contributed by atoms with Crippen LogP contribution in [-0.2, 0) is 4.79 Å². The zero-order valence-corrected chi connectivity index (χ0v) is 13.4. The number of aromatic amines is 1. The summed E-state index contributed by atoms with van der Waals surface area (Å²) in [6.45, 7) is 3.91. The Morgan fingerprint density at radius 1 is 1.17 bits per heavy atom. The lowest BCUT2D eigenvalue weighted by Gasteiger charge is -2.24. The largest absolute Gasteiger partial charge is 0.311 e. The molecule has 1 unspecified atom stereocenters. The second kappa shape index (κ2) is 5.30. The van der Waals surface area contributed by atoms with Crippen molar-refractivity contribution < 1.29 is 4.79 Å². The molecule has 24 heavy (non-hydrogen) atoms. The van der Waals surface area contributed by atoms with E-state index in [9.17, 15) is 9.59 Å². The molecule has 4 rings (SSSR count). The van der Waals surface area contributed by atoms with Crippen LogP contribution in [0.5, 0.6) is 0 Å². The molecule has 0 radical (unpaired) electrons. The van der Waals surface area contributed by atoms with Gasteiger partial charge in [0.25, 0.3) is 5.56 Å². The molecule has 0 saturated carbocycles. The summed E-state index contributed by atoms with van der Waals surface area (Å²) >= 11 is 0. The smallest absolute Gasteiger partial charge is 0.270 e. The van der Waals surface area contributed by atoms with Crippen LogP contribution in [-0.4, -0.2) is 25.7 Å². The summed E-state index contributed by atoms with van der Waals surface area (Å²) in [4.78, 5) is 33.2. The van der Waals surface area contributed by atoms with Crippen molar-refractivity contribution in [2.45, 2.75) is 32.2 Å². The number of nitrogens with zero attached hydrogens (tertiary/aromatic N) is 3. The second-order valence-corrected chi connectivity index (χ2v) is 6.28. The maximum absolute atomic E-state index is 12.5. The first kappa shape index (κ1) is 14.6. The van der Waals surface area contributed by atoms with Crippen molar-refractivity contribution in [3.63, 3.8) is 0 Å². The molecule has 0 fully saturated rings. The Hall–Kier alpha value is -2.96. The lowest BCUT2D eigenvalue weighted by Crippen LogP contribution is -2.27. The number of nitrogens with one attached hydrogen (secondary N) is 2. The summed E-state index contributed by atoms with van der Waals surface area (Å²) in [5.41, 5.74) is 2.87. The van der Waals surface area contributed by atoms with Crippen molar-refractivity contribution in [3.05, 3.63) is 52.1 Å². The van der Waals surface area contributed by atoms with E-state index in [1.165, 1.54) is 0 Å². The van der Waals surface area contributed by atoms with Gasteiger partial charge in [-0.15, -0.1) is 0 Å². The number of aromatic nitrogens is 4. The molecule has 3 heterocycles. The highest BCUT2D eigenvalue weighted by molar-refractivity contribution is 5.94. The minimum Gasteiger partial charge on any atom is -0.311 e. The maximum Gasteiger partial charge on any atom is 0.270 e. The Balaban J connectivity index is 1.90. The third kappa shape index (κ3) is 2.20. The van der Waals surface area contributed by atoms with E-state index in [0.29, 0.717) is 11.4 Å². The average Bonchev–Trinajstić information content (AvgIpc) is 2.90. The molecule has 0 aliphatic carbocycles. The van der Waals surface area contributed by atoms with Crippen molar-refractivity contribution in [1.29, 1.82) is 0 Å². The molecular formula is C17H17N5O2. The molecule has 1 aromatic carbocycles. The molecule has 3 aromatic rings. The van der Waals surface area contributed by atoms with Gasteiger partial charge in [-0.25, -0.2) is 0 Å². The zero-order valence-electron chi connectivity index (χ0n) is 13.4.